The molecule has 0 aliphatic heterocycles. The van der Waals surface area contributed by atoms with Crippen LogP contribution in [-0.4, -0.2) is 40.9 Å². The van der Waals surface area contributed by atoms with Crippen LogP contribution >= 0.6 is 0 Å². The van der Waals surface area contributed by atoms with Crippen molar-refractivity contribution in [1.29, 1.82) is 0 Å². The number of carbonyl (C=O) groups is 3. The van der Waals surface area contributed by atoms with Gasteiger partial charge in [-0.15, -0.1) is 0 Å². The quantitative estimate of drug-likeness (QED) is 0.846. The van der Waals surface area contributed by atoms with Gasteiger partial charge in [-0.05, 0) is 44.2 Å². The van der Waals surface area contributed by atoms with Gasteiger partial charge in [-0.25, -0.2) is 4.79 Å². The minimum absolute atomic E-state index is 0.0653. The summed E-state index contributed by atoms with van der Waals surface area (Å²) in [4.78, 5) is 37.7. The van der Waals surface area contributed by atoms with Gasteiger partial charge in [-0.2, -0.15) is 0 Å². The number of hydrogen-bond donors (Lipinski definition) is 2. The molecule has 6 heteroatoms. The third-order valence-electron chi connectivity index (χ3n) is 3.82. The molecule has 2 rings (SSSR count). The minimum Gasteiger partial charge on any atom is -0.478 e. The van der Waals surface area contributed by atoms with E-state index in [1.807, 2.05) is 13.8 Å². The lowest BCUT2D eigenvalue weighted by atomic mass is 10.1. The zero-order chi connectivity index (χ0) is 18.4. The topological polar surface area (TPSA) is 86.7 Å². The van der Waals surface area contributed by atoms with Crippen LogP contribution in [0.3, 0.4) is 0 Å². The molecule has 130 valence electrons. The van der Waals surface area contributed by atoms with E-state index in [0.717, 1.165) is 0 Å². The van der Waals surface area contributed by atoms with Gasteiger partial charge in [-0.1, -0.05) is 18.2 Å². The fraction of sp³-hybridized carbons (Fsp3) is 0.211. The second-order valence-electron chi connectivity index (χ2n) is 5.36. The van der Waals surface area contributed by atoms with Gasteiger partial charge in [0.05, 0.1) is 11.1 Å². The molecule has 0 aliphatic rings. The predicted molar refractivity (Wildman–Crippen MR) is 95.0 cm³/mol. The van der Waals surface area contributed by atoms with E-state index in [0.29, 0.717) is 24.3 Å². The molecule has 0 aromatic heterocycles. The van der Waals surface area contributed by atoms with Crippen LogP contribution in [0.15, 0.2) is 48.5 Å². The van der Waals surface area contributed by atoms with Gasteiger partial charge in [0.2, 0.25) is 0 Å². The monoisotopic (exact) mass is 340 g/mol. The highest BCUT2D eigenvalue weighted by molar-refractivity contribution is 6.11. The molecular formula is C19H20N2O4. The van der Waals surface area contributed by atoms with Crippen molar-refractivity contribution in [2.75, 3.05) is 18.4 Å². The number of carboxylic acid groups (broad SMARTS) is 1. The molecule has 0 saturated heterocycles. The van der Waals surface area contributed by atoms with Crippen LogP contribution in [0.1, 0.15) is 44.9 Å². The number of anilines is 1. The SMILES string of the molecule is CCN(CC)C(=O)c1cccc(NC(=O)c2ccccc2C(=O)O)c1. The number of nitrogens with zero attached hydrogens (tertiary/aromatic N) is 1. The van der Waals surface area contributed by atoms with E-state index >= 15 is 0 Å². The Kier molecular flexibility index (Phi) is 5.89. The number of hydrogen-bond acceptors (Lipinski definition) is 3. The zero-order valence-electron chi connectivity index (χ0n) is 14.2. The molecule has 25 heavy (non-hydrogen) atoms. The van der Waals surface area contributed by atoms with Gasteiger partial charge < -0.3 is 15.3 Å². The van der Waals surface area contributed by atoms with Crippen molar-refractivity contribution in [3.8, 4) is 0 Å². The Bertz CT molecular complexity index is 798. The lowest BCUT2D eigenvalue weighted by Crippen LogP contribution is -2.30. The van der Waals surface area contributed by atoms with Crippen molar-refractivity contribution in [2.24, 2.45) is 0 Å². The molecule has 6 nitrogen and oxygen atoms in total. The van der Waals surface area contributed by atoms with Gasteiger partial charge in [0.15, 0.2) is 0 Å². The molecule has 0 heterocycles. The maximum Gasteiger partial charge on any atom is 0.336 e. The van der Waals surface area contributed by atoms with Gasteiger partial charge >= 0.3 is 5.97 Å². The van der Waals surface area contributed by atoms with Gasteiger partial charge in [0.25, 0.3) is 11.8 Å². The largest absolute Gasteiger partial charge is 0.478 e. The second kappa shape index (κ2) is 8.10. The summed E-state index contributed by atoms with van der Waals surface area (Å²) in [6.45, 7) is 4.99. The molecule has 0 atom stereocenters. The summed E-state index contributed by atoms with van der Waals surface area (Å²) in [5.41, 5.74) is 0.891. The van der Waals surface area contributed by atoms with Crippen LogP contribution in [0.4, 0.5) is 5.69 Å². The number of aromatic carboxylic acids is 1. The Balaban J connectivity index is 2.24. The lowest BCUT2D eigenvalue weighted by Gasteiger charge is -2.19. The van der Waals surface area contributed by atoms with E-state index in [1.54, 1.807) is 41.3 Å². The van der Waals surface area contributed by atoms with E-state index in [1.165, 1.54) is 12.1 Å². The Morgan fingerprint density at radius 3 is 2.20 bits per heavy atom. The predicted octanol–water partition coefficient (Wildman–Crippen LogP) is 3.12. The molecule has 0 aliphatic carbocycles. The molecule has 0 radical (unpaired) electrons. The van der Waals surface area contributed by atoms with Gasteiger partial charge in [0.1, 0.15) is 0 Å². The molecule has 0 spiro atoms. The van der Waals surface area contributed by atoms with E-state index in [9.17, 15) is 19.5 Å². The Hall–Kier alpha value is -3.15. The summed E-state index contributed by atoms with van der Waals surface area (Å²) in [7, 11) is 0. The summed E-state index contributed by atoms with van der Waals surface area (Å²) < 4.78 is 0. The summed E-state index contributed by atoms with van der Waals surface area (Å²) in [6, 6.07) is 12.6. The fourth-order valence-corrected chi connectivity index (χ4v) is 2.49. The molecule has 0 fully saturated rings. The third kappa shape index (κ3) is 4.23. The van der Waals surface area contributed by atoms with Crippen molar-refractivity contribution in [2.45, 2.75) is 13.8 Å². The highest BCUT2D eigenvalue weighted by atomic mass is 16.4. The number of carboxylic acids is 1. The number of amides is 2. The van der Waals surface area contributed by atoms with Gasteiger partial charge in [-0.3, -0.25) is 9.59 Å². The zero-order valence-corrected chi connectivity index (χ0v) is 14.2. The van der Waals surface area contributed by atoms with Crippen LogP contribution in [0.2, 0.25) is 0 Å². The summed E-state index contributed by atoms with van der Waals surface area (Å²) in [5, 5.41) is 11.8. The molecule has 2 amide bonds. The second-order valence-corrected chi connectivity index (χ2v) is 5.36. The highest BCUT2D eigenvalue weighted by Gasteiger charge is 2.17. The standard InChI is InChI=1S/C19H20N2O4/c1-3-21(4-2)18(23)13-8-7-9-14(12-13)20-17(22)15-10-5-6-11-16(15)19(24)25/h5-12H,3-4H2,1-2H3,(H,20,22)(H,24,25). The number of nitrogens with one attached hydrogen (secondary N) is 1. The van der Waals surface area contributed by atoms with Crippen molar-refractivity contribution < 1.29 is 19.5 Å². The Morgan fingerprint density at radius 2 is 1.60 bits per heavy atom. The maximum absolute atomic E-state index is 12.4. The maximum atomic E-state index is 12.4. The molecule has 0 unspecified atom stereocenters. The minimum atomic E-state index is -1.17. The highest BCUT2D eigenvalue weighted by Crippen LogP contribution is 2.16. The molecule has 2 N–H and O–H groups in total. The Labute approximate surface area is 146 Å². The third-order valence-corrected chi connectivity index (χ3v) is 3.82. The first-order valence-corrected chi connectivity index (χ1v) is 8.00. The number of benzene rings is 2. The van der Waals surface area contributed by atoms with Crippen molar-refractivity contribution in [3.63, 3.8) is 0 Å². The number of carbonyl (C=O) groups excluding carboxylic acids is 2. The first kappa shape index (κ1) is 18.2. The van der Waals surface area contributed by atoms with E-state index in [4.69, 9.17) is 0 Å². The first-order valence-electron chi connectivity index (χ1n) is 8.00. The molecule has 2 aromatic rings. The molecule has 2 aromatic carbocycles. The van der Waals surface area contributed by atoms with Gasteiger partial charge in [0, 0.05) is 24.3 Å². The Morgan fingerprint density at radius 1 is 0.960 bits per heavy atom. The molecule has 0 saturated carbocycles. The fourth-order valence-electron chi connectivity index (χ4n) is 2.49. The summed E-state index contributed by atoms with van der Waals surface area (Å²) in [5.74, 6) is -1.83. The van der Waals surface area contributed by atoms with E-state index in [-0.39, 0.29) is 17.0 Å². The van der Waals surface area contributed by atoms with Crippen LogP contribution in [0.5, 0.6) is 0 Å². The van der Waals surface area contributed by atoms with Crippen LogP contribution < -0.4 is 5.32 Å². The first-order chi connectivity index (χ1) is 12.0. The smallest absolute Gasteiger partial charge is 0.336 e. The van der Waals surface area contributed by atoms with E-state index in [2.05, 4.69) is 5.32 Å². The van der Waals surface area contributed by atoms with E-state index < -0.39 is 11.9 Å². The van der Waals surface area contributed by atoms with Crippen LogP contribution in [0, 0.1) is 0 Å². The van der Waals surface area contributed by atoms with Crippen molar-refractivity contribution >= 4 is 23.5 Å². The normalized spacial score (nSPS) is 10.2. The number of rotatable bonds is 6. The summed E-state index contributed by atoms with van der Waals surface area (Å²) in [6.07, 6.45) is 0. The van der Waals surface area contributed by atoms with Crippen molar-refractivity contribution in [3.05, 3.63) is 65.2 Å². The lowest BCUT2D eigenvalue weighted by molar-refractivity contribution is 0.0691. The average Bonchev–Trinajstić information content (AvgIpc) is 2.62. The van der Waals surface area contributed by atoms with Crippen LogP contribution in [-0.2, 0) is 0 Å². The van der Waals surface area contributed by atoms with Crippen LogP contribution in [0.25, 0.3) is 0 Å². The molecular weight excluding hydrogens is 320 g/mol. The van der Waals surface area contributed by atoms with Crippen molar-refractivity contribution in [1.82, 2.24) is 4.90 Å². The molecule has 0 bridgehead atoms. The average molecular weight is 340 g/mol. The summed E-state index contributed by atoms with van der Waals surface area (Å²) >= 11 is 0.